The van der Waals surface area contributed by atoms with Crippen LogP contribution < -0.4 is 5.32 Å². The maximum Gasteiger partial charge on any atom is 0.408 e. The fourth-order valence-electron chi connectivity index (χ4n) is 4.99. The molecular formula is C23H37NO7. The topological polar surface area (TPSA) is 98.9 Å². The molecule has 8 heteroatoms. The summed E-state index contributed by atoms with van der Waals surface area (Å²) in [6.07, 6.45) is 3.04. The average Bonchev–Trinajstić information content (AvgIpc) is 3.62. The second-order valence-electron chi connectivity index (χ2n) is 9.71. The Morgan fingerprint density at radius 1 is 1.26 bits per heavy atom. The SMILES string of the molecule is COC(=O)[C@H](NC(=O)O[C@@H]1CC[C@]2(CO2)[C@@H]([C@@]2(C)O[C@@H]2CC=C(C)C)[C@@H]1OC)C(C)C. The first-order chi connectivity index (χ1) is 14.6. The molecular weight excluding hydrogens is 402 g/mol. The van der Waals surface area contributed by atoms with Gasteiger partial charge in [0.15, 0.2) is 0 Å². The molecule has 2 saturated heterocycles. The minimum absolute atomic E-state index is 0.0476. The van der Waals surface area contributed by atoms with Crippen molar-refractivity contribution in [3.63, 3.8) is 0 Å². The molecule has 3 aliphatic rings. The van der Waals surface area contributed by atoms with Crippen LogP contribution in [0, 0.1) is 11.8 Å². The fraction of sp³-hybridized carbons (Fsp3) is 0.826. The molecule has 31 heavy (non-hydrogen) atoms. The van der Waals surface area contributed by atoms with Crippen molar-refractivity contribution in [2.24, 2.45) is 11.8 Å². The van der Waals surface area contributed by atoms with Crippen LogP contribution in [0.2, 0.25) is 0 Å². The number of allylic oxidation sites excluding steroid dienone is 1. The quantitative estimate of drug-likeness (QED) is 0.353. The van der Waals surface area contributed by atoms with E-state index in [9.17, 15) is 9.59 Å². The summed E-state index contributed by atoms with van der Waals surface area (Å²) in [5.41, 5.74) is 0.580. The van der Waals surface area contributed by atoms with Gasteiger partial charge in [-0.3, -0.25) is 0 Å². The Balaban J connectivity index is 1.71. The number of ether oxygens (including phenoxy) is 5. The predicted octanol–water partition coefficient (Wildman–Crippen LogP) is 2.99. The van der Waals surface area contributed by atoms with Crippen molar-refractivity contribution in [1.29, 1.82) is 0 Å². The predicted molar refractivity (Wildman–Crippen MR) is 114 cm³/mol. The van der Waals surface area contributed by atoms with Gasteiger partial charge in [-0.2, -0.15) is 0 Å². The molecule has 2 aliphatic heterocycles. The van der Waals surface area contributed by atoms with E-state index >= 15 is 0 Å². The first-order valence-corrected chi connectivity index (χ1v) is 11.1. The number of hydrogen-bond donors (Lipinski definition) is 1. The van der Waals surface area contributed by atoms with Gasteiger partial charge in [-0.1, -0.05) is 25.5 Å². The summed E-state index contributed by atoms with van der Waals surface area (Å²) in [4.78, 5) is 24.6. The molecule has 0 aromatic carbocycles. The van der Waals surface area contributed by atoms with Gasteiger partial charge < -0.3 is 29.0 Å². The van der Waals surface area contributed by atoms with Crippen molar-refractivity contribution in [3.8, 4) is 0 Å². The molecule has 0 unspecified atom stereocenters. The highest BCUT2D eigenvalue weighted by Gasteiger charge is 2.72. The molecule has 1 amide bonds. The Labute approximate surface area is 185 Å². The van der Waals surface area contributed by atoms with Gasteiger partial charge in [-0.15, -0.1) is 0 Å². The molecule has 1 saturated carbocycles. The third-order valence-corrected chi connectivity index (χ3v) is 6.89. The van der Waals surface area contributed by atoms with Gasteiger partial charge in [0.2, 0.25) is 0 Å². The zero-order valence-electron chi connectivity index (χ0n) is 19.7. The van der Waals surface area contributed by atoms with Crippen LogP contribution in [-0.2, 0) is 28.5 Å². The molecule has 176 valence electrons. The zero-order valence-corrected chi connectivity index (χ0v) is 19.7. The number of epoxide rings is 2. The second kappa shape index (κ2) is 9.08. The average molecular weight is 440 g/mol. The van der Waals surface area contributed by atoms with E-state index in [2.05, 4.69) is 32.2 Å². The van der Waals surface area contributed by atoms with E-state index in [1.807, 2.05) is 13.8 Å². The highest BCUT2D eigenvalue weighted by molar-refractivity contribution is 5.81. The minimum atomic E-state index is -0.770. The van der Waals surface area contributed by atoms with Gasteiger partial charge in [0.25, 0.3) is 0 Å². The Morgan fingerprint density at radius 3 is 2.45 bits per heavy atom. The maximum absolute atomic E-state index is 12.6. The number of methoxy groups -OCH3 is 2. The number of carbonyl (C=O) groups excluding carboxylic acids is 2. The number of carbonyl (C=O) groups is 2. The smallest absolute Gasteiger partial charge is 0.408 e. The van der Waals surface area contributed by atoms with Crippen LogP contribution in [0.3, 0.4) is 0 Å². The number of nitrogens with one attached hydrogen (secondary N) is 1. The lowest BCUT2D eigenvalue weighted by Crippen LogP contribution is -2.56. The minimum Gasteiger partial charge on any atom is -0.467 e. The molecule has 1 N–H and O–H groups in total. The summed E-state index contributed by atoms with van der Waals surface area (Å²) < 4.78 is 28.5. The van der Waals surface area contributed by atoms with E-state index in [-0.39, 0.29) is 29.6 Å². The maximum atomic E-state index is 12.6. The van der Waals surface area contributed by atoms with E-state index in [0.29, 0.717) is 13.0 Å². The molecule has 2 heterocycles. The van der Waals surface area contributed by atoms with Crippen molar-refractivity contribution in [2.45, 2.75) is 89.4 Å². The molecule has 7 atom stereocenters. The Morgan fingerprint density at radius 2 is 1.94 bits per heavy atom. The first-order valence-electron chi connectivity index (χ1n) is 11.1. The molecule has 0 aromatic rings. The number of esters is 1. The molecule has 1 aliphatic carbocycles. The van der Waals surface area contributed by atoms with Crippen LogP contribution in [0.4, 0.5) is 4.79 Å². The lowest BCUT2D eigenvalue weighted by Gasteiger charge is -2.42. The monoisotopic (exact) mass is 439 g/mol. The van der Waals surface area contributed by atoms with Crippen LogP contribution in [0.5, 0.6) is 0 Å². The number of alkyl carbamates (subject to hydrolysis) is 1. The van der Waals surface area contributed by atoms with Gasteiger partial charge >= 0.3 is 12.1 Å². The molecule has 3 fully saturated rings. The van der Waals surface area contributed by atoms with E-state index in [1.54, 1.807) is 7.11 Å². The molecule has 1 spiro atoms. The zero-order chi connectivity index (χ0) is 23.0. The highest BCUT2D eigenvalue weighted by atomic mass is 16.6. The molecule has 0 bridgehead atoms. The molecule has 0 aromatic heterocycles. The summed E-state index contributed by atoms with van der Waals surface area (Å²) in [6, 6.07) is -0.770. The number of rotatable bonds is 8. The molecule has 0 radical (unpaired) electrons. The normalized spacial score (nSPS) is 37.2. The van der Waals surface area contributed by atoms with Crippen molar-refractivity contribution >= 4 is 12.1 Å². The summed E-state index contributed by atoms with van der Waals surface area (Å²) in [5.74, 6) is -0.674. The molecule has 3 rings (SSSR count). The Hall–Kier alpha value is -1.64. The van der Waals surface area contributed by atoms with Crippen LogP contribution in [0.15, 0.2) is 11.6 Å². The highest BCUT2D eigenvalue weighted by Crippen LogP contribution is 2.59. The van der Waals surface area contributed by atoms with E-state index in [0.717, 1.165) is 12.8 Å². The van der Waals surface area contributed by atoms with Crippen molar-refractivity contribution in [2.75, 3.05) is 20.8 Å². The van der Waals surface area contributed by atoms with Gasteiger partial charge in [0.05, 0.1) is 25.7 Å². The standard InChI is InChI=1S/C23H37NO7/c1-13(2)8-9-16-22(5,31-16)19-18(27-6)15(10-11-23(19)12-29-23)30-21(26)24-17(14(3)4)20(25)28-7/h8,14-19H,9-12H2,1-7H3,(H,24,26)/t15-,16-,17-,18-,19-,22+,23+/m1/s1. The number of amides is 1. The van der Waals surface area contributed by atoms with Gasteiger partial charge in [0, 0.05) is 7.11 Å². The lowest BCUT2D eigenvalue weighted by atomic mass is 9.68. The third-order valence-electron chi connectivity index (χ3n) is 6.89. The van der Waals surface area contributed by atoms with Crippen LogP contribution in [0.1, 0.15) is 53.9 Å². The van der Waals surface area contributed by atoms with E-state index < -0.39 is 29.8 Å². The lowest BCUT2D eigenvalue weighted by molar-refractivity contribution is -0.144. The van der Waals surface area contributed by atoms with E-state index in [1.165, 1.54) is 12.7 Å². The van der Waals surface area contributed by atoms with Gasteiger partial charge in [-0.05, 0) is 46.0 Å². The van der Waals surface area contributed by atoms with Crippen LogP contribution in [-0.4, -0.2) is 68.4 Å². The number of hydrogen-bond acceptors (Lipinski definition) is 7. The first kappa shape index (κ1) is 24.0. The largest absolute Gasteiger partial charge is 0.467 e. The fourth-order valence-corrected chi connectivity index (χ4v) is 4.99. The Bertz CT molecular complexity index is 713. The van der Waals surface area contributed by atoms with Gasteiger partial charge in [-0.25, -0.2) is 9.59 Å². The van der Waals surface area contributed by atoms with Crippen molar-refractivity contribution < 1.29 is 33.3 Å². The summed E-state index contributed by atoms with van der Waals surface area (Å²) in [5, 5.41) is 2.64. The summed E-state index contributed by atoms with van der Waals surface area (Å²) in [7, 11) is 2.93. The molecule has 8 nitrogen and oxygen atoms in total. The van der Waals surface area contributed by atoms with Crippen LogP contribution >= 0.6 is 0 Å². The Kier molecular flexibility index (Phi) is 7.03. The third kappa shape index (κ3) is 4.91. The van der Waals surface area contributed by atoms with Crippen molar-refractivity contribution in [3.05, 3.63) is 11.6 Å². The van der Waals surface area contributed by atoms with Crippen LogP contribution in [0.25, 0.3) is 0 Å². The summed E-state index contributed by atoms with van der Waals surface area (Å²) >= 11 is 0. The summed E-state index contributed by atoms with van der Waals surface area (Å²) in [6.45, 7) is 10.6. The second-order valence-corrected chi connectivity index (χ2v) is 9.71. The van der Waals surface area contributed by atoms with Gasteiger partial charge in [0.1, 0.15) is 29.5 Å². The van der Waals surface area contributed by atoms with Crippen molar-refractivity contribution in [1.82, 2.24) is 5.32 Å². The van der Waals surface area contributed by atoms with E-state index in [4.69, 9.17) is 23.7 Å².